The van der Waals surface area contributed by atoms with Crippen molar-refractivity contribution >= 4 is 16.1 Å². The van der Waals surface area contributed by atoms with E-state index >= 15 is 0 Å². The molecular weight excluding hydrogens is 196 g/mol. The maximum atomic E-state index is 11.1. The molecule has 0 aliphatic rings. The van der Waals surface area contributed by atoms with Crippen molar-refractivity contribution < 1.29 is 13.2 Å². The van der Waals surface area contributed by atoms with E-state index in [-0.39, 0.29) is 12.3 Å². The number of rotatable bonds is 4. The Kier molecular flexibility index (Phi) is 4.67. The lowest BCUT2D eigenvalue weighted by atomic mass is 10.7. The second-order valence-electron chi connectivity index (χ2n) is 2.50. The summed E-state index contributed by atoms with van der Waals surface area (Å²) >= 11 is 0. The van der Waals surface area contributed by atoms with E-state index in [4.69, 9.17) is 5.84 Å². The van der Waals surface area contributed by atoms with Gasteiger partial charge in [-0.05, 0) is 0 Å². The van der Waals surface area contributed by atoms with Crippen LogP contribution in [0.1, 0.15) is 0 Å². The van der Waals surface area contributed by atoms with Crippen LogP contribution in [0.15, 0.2) is 0 Å². The highest BCUT2D eigenvalue weighted by atomic mass is 32.2. The molecule has 0 fully saturated rings. The lowest BCUT2D eigenvalue weighted by Crippen LogP contribution is -2.42. The van der Waals surface area contributed by atoms with Gasteiger partial charge < -0.3 is 5.32 Å². The van der Waals surface area contributed by atoms with Crippen LogP contribution < -0.4 is 16.6 Å². The molecule has 0 unspecified atom stereocenters. The first-order chi connectivity index (χ1) is 5.90. The molecule has 0 saturated heterocycles. The average molecular weight is 210 g/mol. The molecular formula is C5H14N4O3S. The van der Waals surface area contributed by atoms with Crippen LogP contribution in [0.2, 0.25) is 0 Å². The molecule has 0 saturated carbocycles. The van der Waals surface area contributed by atoms with E-state index in [1.807, 2.05) is 5.43 Å². The Labute approximate surface area is 77.3 Å². The molecule has 4 N–H and O–H groups in total. The molecule has 0 aliphatic carbocycles. The van der Waals surface area contributed by atoms with Gasteiger partial charge in [0.05, 0.1) is 5.75 Å². The number of urea groups is 1. The molecule has 0 aliphatic heterocycles. The summed E-state index contributed by atoms with van der Waals surface area (Å²) < 4.78 is 23.3. The predicted molar refractivity (Wildman–Crippen MR) is 48.2 cm³/mol. The van der Waals surface area contributed by atoms with Gasteiger partial charge in [0.2, 0.25) is 10.0 Å². The van der Waals surface area contributed by atoms with Crippen molar-refractivity contribution in [1.82, 2.24) is 15.0 Å². The Hall–Kier alpha value is -0.860. The quantitative estimate of drug-likeness (QED) is 0.285. The van der Waals surface area contributed by atoms with Gasteiger partial charge in [-0.1, -0.05) is 0 Å². The number of sulfonamides is 1. The normalized spacial score (nSPS) is 11.4. The fraction of sp³-hybridized carbons (Fsp3) is 0.800. The second-order valence-corrected chi connectivity index (χ2v) is 4.80. The van der Waals surface area contributed by atoms with E-state index in [0.717, 1.165) is 4.31 Å². The summed E-state index contributed by atoms with van der Waals surface area (Å²) in [6.45, 7) is 0.0313. The number of carbonyl (C=O) groups excluding carboxylic acids is 1. The van der Waals surface area contributed by atoms with Gasteiger partial charge in [0.25, 0.3) is 0 Å². The van der Waals surface area contributed by atoms with Crippen molar-refractivity contribution in [3.8, 4) is 0 Å². The number of hydrogen-bond acceptors (Lipinski definition) is 4. The van der Waals surface area contributed by atoms with Gasteiger partial charge >= 0.3 is 6.03 Å². The van der Waals surface area contributed by atoms with Crippen molar-refractivity contribution in [3.05, 3.63) is 0 Å². The van der Waals surface area contributed by atoms with E-state index < -0.39 is 16.1 Å². The lowest BCUT2D eigenvalue weighted by molar-refractivity contribution is 0.241. The number of hydrogen-bond donors (Lipinski definition) is 3. The standard InChI is InChI=1S/C5H14N4O3S/c1-9(2)13(11,12)4-3-7-5(10)8-6/h3-4,6H2,1-2H3,(H2,7,8,10). The third-order valence-corrected chi connectivity index (χ3v) is 3.17. The van der Waals surface area contributed by atoms with Crippen LogP contribution in [0, 0.1) is 0 Å². The first kappa shape index (κ1) is 12.1. The van der Waals surface area contributed by atoms with Crippen molar-refractivity contribution in [3.63, 3.8) is 0 Å². The maximum Gasteiger partial charge on any atom is 0.328 e. The molecule has 13 heavy (non-hydrogen) atoms. The largest absolute Gasteiger partial charge is 0.336 e. The monoisotopic (exact) mass is 210 g/mol. The predicted octanol–water partition coefficient (Wildman–Crippen LogP) is -1.95. The van der Waals surface area contributed by atoms with Crippen LogP contribution in [0.3, 0.4) is 0 Å². The van der Waals surface area contributed by atoms with Gasteiger partial charge in [0.15, 0.2) is 0 Å². The molecule has 78 valence electrons. The Morgan fingerprint density at radius 2 is 2.00 bits per heavy atom. The summed E-state index contributed by atoms with van der Waals surface area (Å²) in [5, 5.41) is 2.26. The molecule has 0 heterocycles. The number of nitrogens with zero attached hydrogens (tertiary/aromatic N) is 1. The van der Waals surface area contributed by atoms with Crippen LogP contribution in [-0.2, 0) is 10.0 Å². The Balaban J connectivity index is 3.84. The molecule has 0 aromatic heterocycles. The van der Waals surface area contributed by atoms with Gasteiger partial charge in [-0.25, -0.2) is 23.4 Å². The van der Waals surface area contributed by atoms with E-state index in [0.29, 0.717) is 0 Å². The van der Waals surface area contributed by atoms with Crippen molar-refractivity contribution in [2.45, 2.75) is 0 Å². The van der Waals surface area contributed by atoms with Crippen LogP contribution in [-0.4, -0.2) is 45.1 Å². The van der Waals surface area contributed by atoms with Gasteiger partial charge in [-0.2, -0.15) is 0 Å². The number of hydrazine groups is 1. The summed E-state index contributed by atoms with van der Waals surface area (Å²) in [6, 6.07) is -0.603. The first-order valence-corrected chi connectivity index (χ1v) is 5.15. The molecule has 0 rings (SSSR count). The van der Waals surface area contributed by atoms with Gasteiger partial charge in [-0.3, -0.25) is 5.43 Å². The maximum absolute atomic E-state index is 11.1. The molecule has 0 aromatic rings. The van der Waals surface area contributed by atoms with Crippen LogP contribution >= 0.6 is 0 Å². The average Bonchev–Trinajstić information content (AvgIpc) is 2.03. The summed E-state index contributed by atoms with van der Waals surface area (Å²) in [7, 11) is -0.394. The molecule has 0 radical (unpaired) electrons. The summed E-state index contributed by atoms with van der Waals surface area (Å²) in [4.78, 5) is 10.5. The Morgan fingerprint density at radius 3 is 2.38 bits per heavy atom. The summed E-state index contributed by atoms with van der Waals surface area (Å²) in [5.74, 6) is 4.61. The lowest BCUT2D eigenvalue weighted by Gasteiger charge is -2.11. The zero-order valence-electron chi connectivity index (χ0n) is 7.57. The molecule has 0 aromatic carbocycles. The minimum absolute atomic E-state index is 0.0313. The zero-order chi connectivity index (χ0) is 10.5. The highest BCUT2D eigenvalue weighted by Gasteiger charge is 2.12. The highest BCUT2D eigenvalue weighted by molar-refractivity contribution is 7.89. The number of nitrogens with one attached hydrogen (secondary N) is 2. The molecule has 0 atom stereocenters. The van der Waals surface area contributed by atoms with E-state index in [2.05, 4.69) is 5.32 Å². The zero-order valence-corrected chi connectivity index (χ0v) is 8.39. The third kappa shape index (κ3) is 4.65. The summed E-state index contributed by atoms with van der Waals surface area (Å²) in [6.07, 6.45) is 0. The fourth-order valence-corrected chi connectivity index (χ4v) is 1.25. The van der Waals surface area contributed by atoms with Crippen molar-refractivity contribution in [1.29, 1.82) is 0 Å². The topological polar surface area (TPSA) is 105 Å². The highest BCUT2D eigenvalue weighted by Crippen LogP contribution is 1.91. The number of carbonyl (C=O) groups is 1. The Morgan fingerprint density at radius 1 is 1.46 bits per heavy atom. The minimum Gasteiger partial charge on any atom is -0.336 e. The summed E-state index contributed by atoms with van der Waals surface area (Å²) in [5.41, 5.74) is 1.82. The number of nitrogens with two attached hydrogens (primary N) is 1. The van der Waals surface area contributed by atoms with E-state index in [9.17, 15) is 13.2 Å². The Bertz CT molecular complexity index is 261. The number of amides is 2. The van der Waals surface area contributed by atoms with Crippen LogP contribution in [0.5, 0.6) is 0 Å². The fourth-order valence-electron chi connectivity index (χ4n) is 0.527. The molecule has 2 amide bonds. The molecule has 8 heteroatoms. The van der Waals surface area contributed by atoms with Crippen LogP contribution in [0.4, 0.5) is 4.79 Å². The third-order valence-electron chi connectivity index (χ3n) is 1.33. The molecule has 0 spiro atoms. The van der Waals surface area contributed by atoms with Gasteiger partial charge in [0, 0.05) is 20.6 Å². The molecule has 7 nitrogen and oxygen atoms in total. The van der Waals surface area contributed by atoms with Crippen LogP contribution in [0.25, 0.3) is 0 Å². The van der Waals surface area contributed by atoms with Crippen molar-refractivity contribution in [2.75, 3.05) is 26.4 Å². The smallest absolute Gasteiger partial charge is 0.328 e. The van der Waals surface area contributed by atoms with Gasteiger partial charge in [0.1, 0.15) is 0 Å². The SMILES string of the molecule is CN(C)S(=O)(=O)CCNC(=O)NN. The molecule has 0 bridgehead atoms. The van der Waals surface area contributed by atoms with E-state index in [1.54, 1.807) is 0 Å². The second kappa shape index (κ2) is 5.00. The first-order valence-electron chi connectivity index (χ1n) is 3.55. The van der Waals surface area contributed by atoms with Gasteiger partial charge in [-0.15, -0.1) is 0 Å². The minimum atomic E-state index is -3.25. The van der Waals surface area contributed by atoms with E-state index in [1.165, 1.54) is 14.1 Å². The van der Waals surface area contributed by atoms with Crippen molar-refractivity contribution in [2.24, 2.45) is 5.84 Å².